The monoisotopic (exact) mass is 543 g/mol. The van der Waals surface area contributed by atoms with Gasteiger partial charge in [-0.05, 0) is 37.0 Å². The summed E-state index contributed by atoms with van der Waals surface area (Å²) in [6.07, 6.45) is 1.94. The SMILES string of the molecule is C=C(CC)N1NNC([C@@H](Nc2cc(C#N)c3ncc(C#N)c(NCC(C)(C)C)c3c2)c2ccc(F)nc2C)=C1F. The number of hydrogen-bond acceptors (Lipinski definition) is 9. The Labute approximate surface area is 232 Å². The highest BCUT2D eigenvalue weighted by Crippen LogP contribution is 2.36. The minimum atomic E-state index is -0.864. The van der Waals surface area contributed by atoms with E-state index >= 15 is 4.39 Å². The van der Waals surface area contributed by atoms with E-state index in [0.717, 1.165) is 0 Å². The lowest BCUT2D eigenvalue weighted by atomic mass is 9.96. The number of benzene rings is 1. The van der Waals surface area contributed by atoms with Crippen molar-refractivity contribution in [1.82, 2.24) is 25.9 Å². The van der Waals surface area contributed by atoms with E-state index in [0.29, 0.717) is 57.8 Å². The molecule has 0 fully saturated rings. The first kappa shape index (κ1) is 28.3. The van der Waals surface area contributed by atoms with Crippen LogP contribution in [0.2, 0.25) is 0 Å². The summed E-state index contributed by atoms with van der Waals surface area (Å²) in [5, 5.41) is 28.2. The molecule has 4 N–H and O–H groups in total. The van der Waals surface area contributed by atoms with Crippen LogP contribution >= 0.6 is 0 Å². The Bertz CT molecular complexity index is 1590. The molecule has 3 heterocycles. The molecule has 0 aliphatic carbocycles. The molecular formula is C29H31F2N9. The molecular weight excluding hydrogens is 512 g/mol. The minimum Gasteiger partial charge on any atom is -0.383 e. The molecule has 4 rings (SSSR count). The number of fused-ring (bicyclic) bond motifs is 1. The van der Waals surface area contributed by atoms with E-state index in [-0.39, 0.29) is 16.7 Å². The number of halogens is 2. The molecule has 0 saturated heterocycles. The Morgan fingerprint density at radius 3 is 2.52 bits per heavy atom. The molecule has 1 aliphatic rings. The number of aryl methyl sites for hydroxylation is 1. The van der Waals surface area contributed by atoms with Crippen LogP contribution in [0.3, 0.4) is 0 Å². The second-order valence-corrected chi connectivity index (χ2v) is 10.7. The van der Waals surface area contributed by atoms with Gasteiger partial charge in [-0.2, -0.15) is 19.3 Å². The van der Waals surface area contributed by atoms with E-state index in [1.54, 1.807) is 19.1 Å². The largest absolute Gasteiger partial charge is 0.383 e. The van der Waals surface area contributed by atoms with E-state index in [4.69, 9.17) is 0 Å². The topological polar surface area (TPSA) is 125 Å². The number of pyridine rings is 2. The number of hydrazine groups is 2. The van der Waals surface area contributed by atoms with Crippen molar-refractivity contribution in [1.29, 1.82) is 10.5 Å². The average Bonchev–Trinajstić information content (AvgIpc) is 3.29. The van der Waals surface area contributed by atoms with Crippen molar-refractivity contribution in [3.63, 3.8) is 0 Å². The van der Waals surface area contributed by atoms with Crippen molar-refractivity contribution < 1.29 is 8.78 Å². The van der Waals surface area contributed by atoms with Gasteiger partial charge in [0.25, 0.3) is 0 Å². The maximum atomic E-state index is 15.7. The van der Waals surface area contributed by atoms with Crippen molar-refractivity contribution in [2.24, 2.45) is 5.41 Å². The van der Waals surface area contributed by atoms with Crippen LogP contribution in [-0.2, 0) is 0 Å². The summed E-state index contributed by atoms with van der Waals surface area (Å²) in [5.41, 5.74) is 9.08. The fourth-order valence-electron chi connectivity index (χ4n) is 4.32. The predicted molar refractivity (Wildman–Crippen MR) is 150 cm³/mol. The zero-order chi connectivity index (χ0) is 29.2. The summed E-state index contributed by atoms with van der Waals surface area (Å²) in [6, 6.07) is 9.60. The van der Waals surface area contributed by atoms with Gasteiger partial charge >= 0.3 is 0 Å². The summed E-state index contributed by atoms with van der Waals surface area (Å²) >= 11 is 0. The van der Waals surface area contributed by atoms with Gasteiger partial charge < -0.3 is 16.1 Å². The zero-order valence-electron chi connectivity index (χ0n) is 23.1. The first-order valence-electron chi connectivity index (χ1n) is 12.8. The van der Waals surface area contributed by atoms with Crippen LogP contribution < -0.4 is 21.6 Å². The average molecular weight is 544 g/mol. The van der Waals surface area contributed by atoms with Crippen LogP contribution in [-0.4, -0.2) is 21.5 Å². The minimum absolute atomic E-state index is 0.0893. The highest BCUT2D eigenvalue weighted by molar-refractivity contribution is 5.99. The van der Waals surface area contributed by atoms with Gasteiger partial charge in [0.1, 0.15) is 17.8 Å². The van der Waals surface area contributed by atoms with Crippen LogP contribution in [0.4, 0.5) is 20.2 Å². The summed E-state index contributed by atoms with van der Waals surface area (Å²) in [5.74, 6) is -1.27. The van der Waals surface area contributed by atoms with E-state index < -0.39 is 17.9 Å². The molecule has 1 aliphatic heterocycles. The molecule has 3 aromatic rings. The van der Waals surface area contributed by atoms with Crippen LogP contribution in [0, 0.1) is 40.9 Å². The number of nitriles is 2. The van der Waals surface area contributed by atoms with Crippen molar-refractivity contribution in [3.8, 4) is 12.1 Å². The van der Waals surface area contributed by atoms with Gasteiger partial charge in [0.05, 0.1) is 28.4 Å². The molecule has 11 heteroatoms. The quantitative estimate of drug-likeness (QED) is 0.205. The van der Waals surface area contributed by atoms with Gasteiger partial charge in [0.2, 0.25) is 11.9 Å². The third kappa shape index (κ3) is 5.65. The van der Waals surface area contributed by atoms with Crippen LogP contribution in [0.5, 0.6) is 0 Å². The number of anilines is 2. The summed E-state index contributed by atoms with van der Waals surface area (Å²) in [6.45, 7) is 14.1. The fourth-order valence-corrected chi connectivity index (χ4v) is 4.32. The van der Waals surface area contributed by atoms with Crippen LogP contribution in [0.1, 0.15) is 62.5 Å². The molecule has 40 heavy (non-hydrogen) atoms. The van der Waals surface area contributed by atoms with Gasteiger partial charge in [-0.25, -0.2) is 9.99 Å². The van der Waals surface area contributed by atoms with E-state index in [1.165, 1.54) is 23.3 Å². The van der Waals surface area contributed by atoms with E-state index in [2.05, 4.69) is 71.1 Å². The molecule has 0 unspecified atom stereocenters. The van der Waals surface area contributed by atoms with Crippen molar-refractivity contribution in [2.45, 2.75) is 47.1 Å². The maximum Gasteiger partial charge on any atom is 0.232 e. The van der Waals surface area contributed by atoms with Gasteiger partial charge in [0, 0.05) is 40.8 Å². The Kier molecular flexibility index (Phi) is 7.89. The molecule has 0 amide bonds. The molecule has 0 radical (unpaired) electrons. The van der Waals surface area contributed by atoms with E-state index in [9.17, 15) is 14.9 Å². The fraction of sp³-hybridized carbons (Fsp3) is 0.310. The van der Waals surface area contributed by atoms with E-state index in [1.807, 2.05) is 6.92 Å². The van der Waals surface area contributed by atoms with Crippen LogP contribution in [0.25, 0.3) is 10.9 Å². The number of nitrogens with zero attached hydrogens (tertiary/aromatic N) is 5. The molecule has 0 spiro atoms. The van der Waals surface area contributed by atoms with Crippen LogP contribution in [0.15, 0.2) is 54.4 Å². The van der Waals surface area contributed by atoms with Crippen molar-refractivity contribution in [3.05, 3.63) is 82.7 Å². The standard InChI is InChI=1S/C29H31F2N9/c1-7-16(2)40-28(31)27(38-39-40)26(21-8-9-23(30)36-17(21)3)37-20-10-18(12-32)24-22(11-20)25(19(13-33)14-34-24)35-15-29(4,5)6/h8-11,14,26,37-39H,2,7,15H2,1,3-6H3,(H,34,35)/t26-/m0/s1. The smallest absolute Gasteiger partial charge is 0.232 e. The van der Waals surface area contributed by atoms with Gasteiger partial charge in [-0.15, -0.1) is 5.53 Å². The summed E-state index contributed by atoms with van der Waals surface area (Å²) in [7, 11) is 0. The normalized spacial score (nSPS) is 14.0. The van der Waals surface area contributed by atoms with Crippen molar-refractivity contribution in [2.75, 3.05) is 17.2 Å². The number of hydrogen-bond donors (Lipinski definition) is 4. The Balaban J connectivity index is 1.89. The number of aromatic nitrogens is 2. The first-order chi connectivity index (χ1) is 19.0. The molecule has 206 valence electrons. The Morgan fingerprint density at radius 1 is 1.18 bits per heavy atom. The van der Waals surface area contributed by atoms with Crippen molar-refractivity contribution >= 4 is 22.3 Å². The molecule has 2 aromatic heterocycles. The van der Waals surface area contributed by atoms with Gasteiger partial charge in [-0.3, -0.25) is 4.98 Å². The summed E-state index contributed by atoms with van der Waals surface area (Å²) < 4.78 is 29.6. The summed E-state index contributed by atoms with van der Waals surface area (Å²) in [4.78, 5) is 8.32. The highest BCUT2D eigenvalue weighted by atomic mass is 19.1. The second kappa shape index (κ2) is 11.2. The number of nitrogens with one attached hydrogen (secondary N) is 4. The Hall–Kier alpha value is -4.74. The maximum absolute atomic E-state index is 15.7. The number of rotatable bonds is 8. The molecule has 0 bridgehead atoms. The Morgan fingerprint density at radius 2 is 1.90 bits per heavy atom. The lowest BCUT2D eigenvalue weighted by Gasteiger charge is -2.24. The second-order valence-electron chi connectivity index (χ2n) is 10.7. The molecule has 1 aromatic carbocycles. The predicted octanol–water partition coefficient (Wildman–Crippen LogP) is 5.82. The molecule has 0 saturated carbocycles. The first-order valence-corrected chi connectivity index (χ1v) is 12.8. The molecule has 1 atom stereocenters. The third-order valence-electron chi connectivity index (χ3n) is 6.46. The zero-order valence-corrected chi connectivity index (χ0v) is 23.1. The lowest BCUT2D eigenvalue weighted by molar-refractivity contribution is 0.254. The van der Waals surface area contributed by atoms with Gasteiger partial charge in [0.15, 0.2) is 0 Å². The number of allylic oxidation sites excluding steroid dienone is 1. The lowest BCUT2D eigenvalue weighted by Crippen LogP contribution is -2.37. The third-order valence-corrected chi connectivity index (χ3v) is 6.46. The highest BCUT2D eigenvalue weighted by Gasteiger charge is 2.32. The van der Waals surface area contributed by atoms with Gasteiger partial charge in [-0.1, -0.05) is 40.3 Å². The molecule has 9 nitrogen and oxygen atoms in total.